The molecule has 0 unspecified atom stereocenters. The summed E-state index contributed by atoms with van der Waals surface area (Å²) in [6, 6.07) is 6.89. The first kappa shape index (κ1) is 12.6. The van der Waals surface area contributed by atoms with Crippen molar-refractivity contribution in [3.63, 3.8) is 0 Å². The molecule has 1 heterocycles. The lowest BCUT2D eigenvalue weighted by Gasteiger charge is -2.12. The molecule has 0 radical (unpaired) electrons. The van der Waals surface area contributed by atoms with Crippen molar-refractivity contribution in [2.45, 2.75) is 0 Å². The zero-order valence-electron chi connectivity index (χ0n) is 9.75. The SMILES string of the molecule is COCOc1ccc(C=O)c(O)c1-c1cccs1. The van der Waals surface area contributed by atoms with Gasteiger partial charge in [0.05, 0.1) is 11.1 Å². The van der Waals surface area contributed by atoms with Gasteiger partial charge in [-0.05, 0) is 23.6 Å². The lowest BCUT2D eigenvalue weighted by Crippen LogP contribution is -2.00. The molecule has 1 aromatic carbocycles. The standard InChI is InChI=1S/C13H12O4S/c1-16-8-17-10-5-4-9(7-14)13(15)12(10)11-3-2-6-18-11/h2-7,15H,8H2,1H3. The molecule has 0 aliphatic heterocycles. The number of aldehydes is 1. The number of aromatic hydroxyl groups is 1. The Bertz CT molecular complexity index is 534. The molecule has 2 aromatic rings. The van der Waals surface area contributed by atoms with Crippen LogP contribution in [-0.2, 0) is 4.74 Å². The van der Waals surface area contributed by atoms with Gasteiger partial charge < -0.3 is 14.6 Å². The Morgan fingerprint density at radius 2 is 2.22 bits per heavy atom. The second-order valence-corrected chi connectivity index (χ2v) is 4.47. The van der Waals surface area contributed by atoms with Crippen LogP contribution in [0.1, 0.15) is 10.4 Å². The van der Waals surface area contributed by atoms with E-state index in [-0.39, 0.29) is 18.1 Å². The normalized spacial score (nSPS) is 10.3. The molecular formula is C13H12O4S. The highest BCUT2D eigenvalue weighted by molar-refractivity contribution is 7.13. The van der Waals surface area contributed by atoms with Gasteiger partial charge in [-0.3, -0.25) is 4.79 Å². The maximum absolute atomic E-state index is 10.9. The Labute approximate surface area is 108 Å². The van der Waals surface area contributed by atoms with Gasteiger partial charge in [0.25, 0.3) is 0 Å². The number of hydrogen-bond acceptors (Lipinski definition) is 5. The third kappa shape index (κ3) is 2.37. The number of phenols is 1. The minimum Gasteiger partial charge on any atom is -0.506 e. The summed E-state index contributed by atoms with van der Waals surface area (Å²) in [5.74, 6) is 0.420. The molecule has 5 heteroatoms. The summed E-state index contributed by atoms with van der Waals surface area (Å²) in [4.78, 5) is 11.7. The maximum Gasteiger partial charge on any atom is 0.188 e. The fourth-order valence-electron chi connectivity index (χ4n) is 1.59. The van der Waals surface area contributed by atoms with Gasteiger partial charge in [0.2, 0.25) is 0 Å². The van der Waals surface area contributed by atoms with Crippen LogP contribution < -0.4 is 4.74 Å². The van der Waals surface area contributed by atoms with Crippen molar-refractivity contribution in [2.24, 2.45) is 0 Å². The molecule has 2 rings (SSSR count). The van der Waals surface area contributed by atoms with E-state index in [0.717, 1.165) is 4.88 Å². The Balaban J connectivity index is 2.53. The van der Waals surface area contributed by atoms with E-state index in [1.807, 2.05) is 17.5 Å². The molecule has 0 aliphatic rings. The lowest BCUT2D eigenvalue weighted by molar-refractivity contribution is 0.0514. The molecule has 0 bridgehead atoms. The summed E-state index contributed by atoms with van der Waals surface area (Å²) in [6.45, 7) is 0.0816. The number of carbonyl (C=O) groups excluding carboxylic acids is 1. The van der Waals surface area contributed by atoms with Crippen molar-refractivity contribution in [1.82, 2.24) is 0 Å². The average molecular weight is 264 g/mol. The topological polar surface area (TPSA) is 55.8 Å². The molecule has 18 heavy (non-hydrogen) atoms. The van der Waals surface area contributed by atoms with Gasteiger partial charge in [0, 0.05) is 12.0 Å². The molecular weight excluding hydrogens is 252 g/mol. The molecule has 94 valence electrons. The molecule has 4 nitrogen and oxygen atoms in total. The number of thiophene rings is 1. The second-order valence-electron chi connectivity index (χ2n) is 3.52. The van der Waals surface area contributed by atoms with Gasteiger partial charge in [-0.25, -0.2) is 0 Å². The van der Waals surface area contributed by atoms with Crippen LogP contribution in [0.2, 0.25) is 0 Å². The van der Waals surface area contributed by atoms with E-state index >= 15 is 0 Å². The first-order valence-electron chi connectivity index (χ1n) is 5.24. The molecule has 0 saturated heterocycles. The quantitative estimate of drug-likeness (QED) is 0.666. The molecule has 0 amide bonds. The Kier molecular flexibility index (Phi) is 3.96. The number of rotatable bonds is 5. The van der Waals surface area contributed by atoms with E-state index in [1.54, 1.807) is 6.07 Å². The molecule has 0 aliphatic carbocycles. The van der Waals surface area contributed by atoms with Crippen LogP contribution in [-0.4, -0.2) is 25.3 Å². The van der Waals surface area contributed by atoms with Crippen LogP contribution in [0.4, 0.5) is 0 Å². The smallest absolute Gasteiger partial charge is 0.188 e. The predicted molar refractivity (Wildman–Crippen MR) is 69.3 cm³/mol. The highest BCUT2D eigenvalue weighted by Crippen LogP contribution is 2.41. The van der Waals surface area contributed by atoms with Gasteiger partial charge in [0.15, 0.2) is 13.1 Å². The molecule has 1 aromatic heterocycles. The van der Waals surface area contributed by atoms with E-state index in [1.165, 1.54) is 24.5 Å². The van der Waals surface area contributed by atoms with Crippen molar-refractivity contribution in [3.8, 4) is 21.9 Å². The van der Waals surface area contributed by atoms with Crippen LogP contribution in [0.3, 0.4) is 0 Å². The van der Waals surface area contributed by atoms with Gasteiger partial charge in [0.1, 0.15) is 11.5 Å². The highest BCUT2D eigenvalue weighted by Gasteiger charge is 2.16. The maximum atomic E-state index is 10.9. The zero-order valence-corrected chi connectivity index (χ0v) is 10.6. The van der Waals surface area contributed by atoms with Gasteiger partial charge in [-0.2, -0.15) is 0 Å². The number of benzene rings is 1. The Morgan fingerprint density at radius 1 is 1.39 bits per heavy atom. The lowest BCUT2D eigenvalue weighted by atomic mass is 10.1. The summed E-state index contributed by atoms with van der Waals surface area (Å²) in [5, 5.41) is 12.0. The summed E-state index contributed by atoms with van der Waals surface area (Å²) in [6.07, 6.45) is 0.618. The fourth-order valence-corrected chi connectivity index (χ4v) is 2.36. The Morgan fingerprint density at radius 3 is 2.83 bits per heavy atom. The summed E-state index contributed by atoms with van der Waals surface area (Å²) < 4.78 is 10.2. The Hall–Kier alpha value is -1.85. The summed E-state index contributed by atoms with van der Waals surface area (Å²) in [7, 11) is 1.52. The predicted octanol–water partition coefficient (Wildman–Crippen LogP) is 2.92. The molecule has 0 atom stereocenters. The van der Waals surface area contributed by atoms with Gasteiger partial charge >= 0.3 is 0 Å². The number of carbonyl (C=O) groups is 1. The minimum absolute atomic E-state index is 0.0685. The number of hydrogen-bond donors (Lipinski definition) is 1. The monoisotopic (exact) mass is 264 g/mol. The van der Waals surface area contributed by atoms with Crippen LogP contribution >= 0.6 is 11.3 Å². The van der Waals surface area contributed by atoms with Crippen molar-refractivity contribution in [2.75, 3.05) is 13.9 Å². The van der Waals surface area contributed by atoms with Crippen molar-refractivity contribution >= 4 is 17.6 Å². The minimum atomic E-state index is -0.0685. The third-order valence-electron chi connectivity index (χ3n) is 2.40. The van der Waals surface area contributed by atoms with Gasteiger partial charge in [-0.1, -0.05) is 6.07 Å². The van der Waals surface area contributed by atoms with Crippen molar-refractivity contribution < 1.29 is 19.4 Å². The fraction of sp³-hybridized carbons (Fsp3) is 0.154. The number of phenolic OH excluding ortho intramolecular Hbond substituents is 1. The largest absolute Gasteiger partial charge is 0.506 e. The number of ether oxygens (including phenoxy) is 2. The van der Waals surface area contributed by atoms with Gasteiger partial charge in [-0.15, -0.1) is 11.3 Å². The summed E-state index contributed by atoms with van der Waals surface area (Å²) in [5.41, 5.74) is 0.759. The van der Waals surface area contributed by atoms with Crippen molar-refractivity contribution in [3.05, 3.63) is 35.2 Å². The molecule has 1 N–H and O–H groups in total. The molecule has 0 fully saturated rings. The second kappa shape index (κ2) is 5.66. The van der Waals surface area contributed by atoms with Crippen LogP contribution in [0, 0.1) is 0 Å². The summed E-state index contributed by atoms with van der Waals surface area (Å²) >= 11 is 1.46. The van der Waals surface area contributed by atoms with E-state index < -0.39 is 0 Å². The van der Waals surface area contributed by atoms with E-state index in [2.05, 4.69) is 0 Å². The van der Waals surface area contributed by atoms with Crippen LogP contribution in [0.25, 0.3) is 10.4 Å². The average Bonchev–Trinajstić information content (AvgIpc) is 2.90. The first-order valence-corrected chi connectivity index (χ1v) is 6.12. The van der Waals surface area contributed by atoms with E-state index in [9.17, 15) is 9.90 Å². The van der Waals surface area contributed by atoms with Crippen LogP contribution in [0.5, 0.6) is 11.5 Å². The van der Waals surface area contributed by atoms with E-state index in [0.29, 0.717) is 17.6 Å². The third-order valence-corrected chi connectivity index (χ3v) is 3.29. The molecule has 0 spiro atoms. The van der Waals surface area contributed by atoms with Crippen molar-refractivity contribution in [1.29, 1.82) is 0 Å². The highest BCUT2D eigenvalue weighted by atomic mass is 32.1. The number of methoxy groups -OCH3 is 1. The first-order chi connectivity index (χ1) is 8.77. The van der Waals surface area contributed by atoms with Crippen LogP contribution in [0.15, 0.2) is 29.6 Å². The van der Waals surface area contributed by atoms with E-state index in [4.69, 9.17) is 9.47 Å². The zero-order chi connectivity index (χ0) is 13.0. The molecule has 0 saturated carbocycles.